The predicted molar refractivity (Wildman–Crippen MR) is 63.8 cm³/mol. The van der Waals surface area contributed by atoms with Crippen LogP contribution in [0.4, 0.5) is 4.79 Å². The SMILES string of the molecule is C[C@@H]1[C@H](COCc2ccccc2)CN1C(=O)O. The van der Waals surface area contributed by atoms with Crippen molar-refractivity contribution < 1.29 is 14.6 Å². The van der Waals surface area contributed by atoms with Crippen LogP contribution in [0.5, 0.6) is 0 Å². The van der Waals surface area contributed by atoms with Gasteiger partial charge in [0.15, 0.2) is 0 Å². The summed E-state index contributed by atoms with van der Waals surface area (Å²) in [6.07, 6.45) is -0.836. The van der Waals surface area contributed by atoms with Gasteiger partial charge in [-0.25, -0.2) is 4.79 Å². The fourth-order valence-corrected chi connectivity index (χ4v) is 2.03. The number of likely N-dealkylation sites (tertiary alicyclic amines) is 1. The predicted octanol–water partition coefficient (Wildman–Crippen LogP) is 2.20. The Hall–Kier alpha value is -1.55. The van der Waals surface area contributed by atoms with Crippen LogP contribution in [-0.4, -0.2) is 35.3 Å². The highest BCUT2D eigenvalue weighted by Crippen LogP contribution is 2.24. The van der Waals surface area contributed by atoms with Gasteiger partial charge in [0.05, 0.1) is 13.2 Å². The van der Waals surface area contributed by atoms with Crippen molar-refractivity contribution in [2.75, 3.05) is 13.2 Å². The van der Waals surface area contributed by atoms with Crippen molar-refractivity contribution in [1.82, 2.24) is 4.90 Å². The Kier molecular flexibility index (Phi) is 3.64. The lowest BCUT2D eigenvalue weighted by Gasteiger charge is -2.44. The van der Waals surface area contributed by atoms with Gasteiger partial charge in [0.1, 0.15) is 0 Å². The Morgan fingerprint density at radius 1 is 1.47 bits per heavy atom. The van der Waals surface area contributed by atoms with Gasteiger partial charge in [-0.3, -0.25) is 0 Å². The third-order valence-electron chi connectivity index (χ3n) is 3.29. The van der Waals surface area contributed by atoms with Crippen molar-refractivity contribution in [1.29, 1.82) is 0 Å². The molecular formula is C13H17NO3. The van der Waals surface area contributed by atoms with Crippen molar-refractivity contribution in [3.63, 3.8) is 0 Å². The summed E-state index contributed by atoms with van der Waals surface area (Å²) in [4.78, 5) is 12.2. The molecule has 1 N–H and O–H groups in total. The van der Waals surface area contributed by atoms with E-state index in [1.807, 2.05) is 37.3 Å². The van der Waals surface area contributed by atoms with Gasteiger partial charge < -0.3 is 14.7 Å². The Bertz CT molecular complexity index is 380. The van der Waals surface area contributed by atoms with Crippen LogP contribution in [0.1, 0.15) is 12.5 Å². The van der Waals surface area contributed by atoms with Crippen LogP contribution < -0.4 is 0 Å². The molecule has 0 spiro atoms. The van der Waals surface area contributed by atoms with Crippen molar-refractivity contribution in [2.24, 2.45) is 5.92 Å². The van der Waals surface area contributed by atoms with Gasteiger partial charge in [-0.15, -0.1) is 0 Å². The van der Waals surface area contributed by atoms with E-state index in [1.165, 1.54) is 4.90 Å². The highest BCUT2D eigenvalue weighted by molar-refractivity contribution is 5.66. The van der Waals surface area contributed by atoms with Gasteiger partial charge >= 0.3 is 6.09 Å². The van der Waals surface area contributed by atoms with Crippen molar-refractivity contribution in [3.8, 4) is 0 Å². The molecular weight excluding hydrogens is 218 g/mol. The van der Waals surface area contributed by atoms with Crippen molar-refractivity contribution in [2.45, 2.75) is 19.6 Å². The number of rotatable bonds is 4. The number of nitrogens with zero attached hydrogens (tertiary/aromatic N) is 1. The van der Waals surface area contributed by atoms with Crippen LogP contribution in [-0.2, 0) is 11.3 Å². The monoisotopic (exact) mass is 235 g/mol. The molecule has 0 bridgehead atoms. The minimum Gasteiger partial charge on any atom is -0.465 e. The van der Waals surface area contributed by atoms with Crippen LogP contribution >= 0.6 is 0 Å². The van der Waals surface area contributed by atoms with E-state index in [1.54, 1.807) is 0 Å². The topological polar surface area (TPSA) is 49.8 Å². The van der Waals surface area contributed by atoms with Crippen LogP contribution in [0.25, 0.3) is 0 Å². The third kappa shape index (κ3) is 2.77. The second kappa shape index (κ2) is 5.19. The molecule has 4 heteroatoms. The summed E-state index contributed by atoms with van der Waals surface area (Å²) in [7, 11) is 0. The standard InChI is InChI=1S/C13H17NO3/c1-10-12(7-14(10)13(15)16)9-17-8-11-5-3-2-4-6-11/h2-6,10,12H,7-9H2,1H3,(H,15,16)/t10-,12+/m1/s1. The number of ether oxygens (including phenoxy) is 1. The molecule has 1 fully saturated rings. The van der Waals surface area contributed by atoms with Crippen LogP contribution in [0, 0.1) is 5.92 Å². The van der Waals surface area contributed by atoms with Gasteiger partial charge in [-0.2, -0.15) is 0 Å². The molecule has 0 aliphatic carbocycles. The molecule has 92 valence electrons. The summed E-state index contributed by atoms with van der Waals surface area (Å²) in [5, 5.41) is 8.81. The largest absolute Gasteiger partial charge is 0.465 e. The van der Waals surface area contributed by atoms with Crippen LogP contribution in [0.15, 0.2) is 30.3 Å². The van der Waals surface area contributed by atoms with Gasteiger partial charge in [-0.05, 0) is 12.5 Å². The summed E-state index contributed by atoms with van der Waals surface area (Å²) in [6.45, 7) is 3.73. The second-order valence-electron chi connectivity index (χ2n) is 4.44. The minimum absolute atomic E-state index is 0.0725. The number of benzene rings is 1. The quantitative estimate of drug-likeness (QED) is 0.870. The first-order chi connectivity index (χ1) is 8.18. The summed E-state index contributed by atoms with van der Waals surface area (Å²) < 4.78 is 5.60. The maximum Gasteiger partial charge on any atom is 0.407 e. The van der Waals surface area contributed by atoms with Crippen LogP contribution in [0.2, 0.25) is 0 Å². The molecule has 1 heterocycles. The van der Waals surface area contributed by atoms with Gasteiger partial charge in [0.2, 0.25) is 0 Å². The van der Waals surface area contributed by atoms with E-state index >= 15 is 0 Å². The molecule has 1 aliphatic rings. The van der Waals surface area contributed by atoms with E-state index in [0.717, 1.165) is 5.56 Å². The molecule has 0 saturated carbocycles. The Morgan fingerprint density at radius 3 is 2.76 bits per heavy atom. The number of carbonyl (C=O) groups is 1. The summed E-state index contributed by atoms with van der Waals surface area (Å²) >= 11 is 0. The summed E-state index contributed by atoms with van der Waals surface area (Å²) in [6, 6.07) is 10.1. The molecule has 1 saturated heterocycles. The Balaban J connectivity index is 1.69. The number of carboxylic acid groups (broad SMARTS) is 1. The first-order valence-electron chi connectivity index (χ1n) is 5.79. The zero-order chi connectivity index (χ0) is 12.3. The van der Waals surface area contributed by atoms with E-state index in [9.17, 15) is 4.79 Å². The van der Waals surface area contributed by atoms with Crippen molar-refractivity contribution >= 4 is 6.09 Å². The molecule has 1 aliphatic heterocycles. The van der Waals surface area contributed by atoms with Gasteiger partial charge in [0, 0.05) is 18.5 Å². The Labute approximate surface area is 101 Å². The smallest absolute Gasteiger partial charge is 0.407 e. The number of hydrogen-bond donors (Lipinski definition) is 1. The highest BCUT2D eigenvalue weighted by Gasteiger charge is 2.38. The molecule has 1 amide bonds. The zero-order valence-electron chi connectivity index (χ0n) is 9.87. The second-order valence-corrected chi connectivity index (χ2v) is 4.44. The minimum atomic E-state index is -0.836. The fourth-order valence-electron chi connectivity index (χ4n) is 2.03. The highest BCUT2D eigenvalue weighted by atomic mass is 16.5. The molecule has 0 unspecified atom stereocenters. The molecule has 17 heavy (non-hydrogen) atoms. The van der Waals surface area contributed by atoms with E-state index in [0.29, 0.717) is 25.7 Å². The normalized spacial score (nSPS) is 23.2. The third-order valence-corrected chi connectivity index (χ3v) is 3.29. The van der Waals surface area contributed by atoms with Crippen molar-refractivity contribution in [3.05, 3.63) is 35.9 Å². The van der Waals surface area contributed by atoms with Gasteiger partial charge in [0.25, 0.3) is 0 Å². The molecule has 1 aromatic carbocycles. The van der Waals surface area contributed by atoms with Crippen LogP contribution in [0.3, 0.4) is 0 Å². The van der Waals surface area contributed by atoms with Gasteiger partial charge in [-0.1, -0.05) is 30.3 Å². The van der Waals surface area contributed by atoms with E-state index < -0.39 is 6.09 Å². The number of hydrogen-bond acceptors (Lipinski definition) is 2. The lowest BCUT2D eigenvalue weighted by atomic mass is 9.91. The first kappa shape index (κ1) is 11.9. The molecule has 1 aromatic rings. The lowest BCUT2D eigenvalue weighted by Crippen LogP contribution is -2.58. The molecule has 2 atom stereocenters. The summed E-state index contributed by atoms with van der Waals surface area (Å²) in [5.41, 5.74) is 1.15. The number of amides is 1. The molecule has 2 rings (SSSR count). The first-order valence-corrected chi connectivity index (χ1v) is 5.79. The lowest BCUT2D eigenvalue weighted by molar-refractivity contribution is -0.0237. The average Bonchev–Trinajstić information content (AvgIpc) is 2.33. The zero-order valence-corrected chi connectivity index (χ0v) is 9.87. The molecule has 0 aromatic heterocycles. The maximum atomic E-state index is 10.7. The van der Waals surface area contributed by atoms with E-state index in [4.69, 9.17) is 9.84 Å². The summed E-state index contributed by atoms with van der Waals surface area (Å²) in [5.74, 6) is 0.329. The maximum absolute atomic E-state index is 10.7. The average molecular weight is 235 g/mol. The van der Waals surface area contributed by atoms with E-state index in [2.05, 4.69) is 0 Å². The molecule has 0 radical (unpaired) electrons. The fraction of sp³-hybridized carbons (Fsp3) is 0.462. The van der Waals surface area contributed by atoms with E-state index in [-0.39, 0.29) is 6.04 Å². The Morgan fingerprint density at radius 2 is 2.18 bits per heavy atom. The molecule has 4 nitrogen and oxygen atoms in total.